The summed E-state index contributed by atoms with van der Waals surface area (Å²) < 4.78 is 1.87. The summed E-state index contributed by atoms with van der Waals surface area (Å²) in [7, 11) is 0. The molecule has 0 aromatic carbocycles. The number of nitrogens with one attached hydrogen (secondary N) is 2. The number of anilines is 1. The Morgan fingerprint density at radius 3 is 2.86 bits per heavy atom. The van der Waals surface area contributed by atoms with Gasteiger partial charge in [0.15, 0.2) is 5.82 Å². The smallest absolute Gasteiger partial charge is 0.320 e. The van der Waals surface area contributed by atoms with E-state index in [2.05, 4.69) is 20.6 Å². The highest BCUT2D eigenvalue weighted by Gasteiger charge is 2.06. The number of carbonyl (C=O) groups is 1. The zero-order valence-corrected chi connectivity index (χ0v) is 12.5. The number of hydrogen-bond donors (Lipinski definition) is 2. The van der Waals surface area contributed by atoms with Crippen LogP contribution in [0, 0.1) is 6.92 Å². The van der Waals surface area contributed by atoms with Crippen molar-refractivity contribution in [2.75, 3.05) is 11.9 Å². The molecule has 0 aliphatic heterocycles. The van der Waals surface area contributed by atoms with E-state index in [4.69, 9.17) is 0 Å². The van der Waals surface area contributed by atoms with Crippen LogP contribution >= 0.6 is 0 Å². The third-order valence-corrected chi connectivity index (χ3v) is 3.28. The van der Waals surface area contributed by atoms with E-state index in [0.29, 0.717) is 12.4 Å². The molecule has 0 aliphatic rings. The highest BCUT2D eigenvalue weighted by molar-refractivity contribution is 5.88. The van der Waals surface area contributed by atoms with Gasteiger partial charge in [-0.25, -0.2) is 9.78 Å². The predicted molar refractivity (Wildman–Crippen MR) is 85.9 cm³/mol. The highest BCUT2D eigenvalue weighted by atomic mass is 16.2. The molecule has 3 aromatic heterocycles. The minimum atomic E-state index is -0.256. The molecule has 0 saturated heterocycles. The first-order chi connectivity index (χ1) is 10.7. The molecular formula is C16H17N5O. The van der Waals surface area contributed by atoms with E-state index in [1.807, 2.05) is 54.9 Å². The first-order valence-corrected chi connectivity index (χ1v) is 7.12. The van der Waals surface area contributed by atoms with Crippen molar-refractivity contribution < 1.29 is 4.79 Å². The molecule has 3 heterocycles. The van der Waals surface area contributed by atoms with Crippen molar-refractivity contribution in [1.29, 1.82) is 0 Å². The molecule has 22 heavy (non-hydrogen) atoms. The molecule has 0 atom stereocenters. The molecule has 0 bridgehead atoms. The van der Waals surface area contributed by atoms with E-state index in [-0.39, 0.29) is 6.03 Å². The normalized spacial score (nSPS) is 10.6. The van der Waals surface area contributed by atoms with E-state index in [9.17, 15) is 4.79 Å². The molecule has 0 fully saturated rings. The molecule has 0 spiro atoms. The number of imidazole rings is 1. The SMILES string of the molecule is CCNC(=O)Nc1cn2ccc(-c3ccc(C)nc3)cc2n1. The maximum absolute atomic E-state index is 11.5. The Balaban J connectivity index is 1.90. The van der Waals surface area contributed by atoms with Crippen LogP contribution in [0.3, 0.4) is 0 Å². The average molecular weight is 295 g/mol. The number of fused-ring (bicyclic) bond motifs is 1. The van der Waals surface area contributed by atoms with Gasteiger partial charge in [-0.05, 0) is 37.6 Å². The molecular weight excluding hydrogens is 278 g/mol. The van der Waals surface area contributed by atoms with E-state index in [0.717, 1.165) is 22.5 Å². The van der Waals surface area contributed by atoms with Gasteiger partial charge in [0.2, 0.25) is 0 Å². The van der Waals surface area contributed by atoms with E-state index < -0.39 is 0 Å². The largest absolute Gasteiger partial charge is 0.338 e. The lowest BCUT2D eigenvalue weighted by molar-refractivity contribution is 0.252. The topological polar surface area (TPSA) is 71.3 Å². The number of urea groups is 1. The minimum absolute atomic E-state index is 0.256. The first kappa shape index (κ1) is 14.1. The maximum atomic E-state index is 11.5. The molecule has 0 aliphatic carbocycles. The van der Waals surface area contributed by atoms with Crippen LogP contribution in [0.5, 0.6) is 0 Å². The molecule has 6 nitrogen and oxygen atoms in total. The standard InChI is InChI=1S/C16H17N5O/c1-3-17-16(22)20-14-10-21-7-6-12(8-15(21)19-14)13-5-4-11(2)18-9-13/h4-10H,3H2,1-2H3,(H2,17,20,22). The van der Waals surface area contributed by atoms with Crippen molar-refractivity contribution in [3.63, 3.8) is 0 Å². The Bertz CT molecular complexity index is 807. The van der Waals surface area contributed by atoms with Crippen molar-refractivity contribution in [2.24, 2.45) is 0 Å². The highest BCUT2D eigenvalue weighted by Crippen LogP contribution is 2.21. The van der Waals surface area contributed by atoms with Crippen molar-refractivity contribution in [1.82, 2.24) is 19.7 Å². The van der Waals surface area contributed by atoms with Crippen molar-refractivity contribution in [3.8, 4) is 11.1 Å². The first-order valence-electron chi connectivity index (χ1n) is 7.12. The lowest BCUT2D eigenvalue weighted by Crippen LogP contribution is -2.28. The number of nitrogens with zero attached hydrogens (tertiary/aromatic N) is 3. The Labute approximate surface area is 128 Å². The Morgan fingerprint density at radius 2 is 2.14 bits per heavy atom. The second kappa shape index (κ2) is 5.85. The lowest BCUT2D eigenvalue weighted by Gasteiger charge is -2.02. The quantitative estimate of drug-likeness (QED) is 0.780. The molecule has 0 unspecified atom stereocenters. The van der Waals surface area contributed by atoms with Crippen LogP contribution in [0.4, 0.5) is 10.6 Å². The van der Waals surface area contributed by atoms with E-state index in [1.54, 1.807) is 6.20 Å². The fourth-order valence-electron chi connectivity index (χ4n) is 2.18. The average Bonchev–Trinajstić information content (AvgIpc) is 2.89. The van der Waals surface area contributed by atoms with Crippen molar-refractivity contribution in [3.05, 3.63) is 48.5 Å². The molecule has 2 amide bonds. The fourth-order valence-corrected chi connectivity index (χ4v) is 2.18. The lowest BCUT2D eigenvalue weighted by atomic mass is 10.1. The van der Waals surface area contributed by atoms with Crippen LogP contribution in [0.1, 0.15) is 12.6 Å². The summed E-state index contributed by atoms with van der Waals surface area (Å²) in [5, 5.41) is 5.38. The molecule has 112 valence electrons. The maximum Gasteiger partial charge on any atom is 0.320 e. The van der Waals surface area contributed by atoms with Gasteiger partial charge in [0.1, 0.15) is 5.65 Å². The molecule has 3 aromatic rings. The van der Waals surface area contributed by atoms with Crippen LogP contribution < -0.4 is 10.6 Å². The van der Waals surface area contributed by atoms with E-state index in [1.165, 1.54) is 0 Å². The molecule has 0 saturated carbocycles. The molecule has 0 radical (unpaired) electrons. The van der Waals surface area contributed by atoms with Gasteiger partial charge in [-0.2, -0.15) is 0 Å². The monoisotopic (exact) mass is 295 g/mol. The third kappa shape index (κ3) is 2.90. The number of carbonyl (C=O) groups excluding carboxylic acids is 1. The van der Waals surface area contributed by atoms with Gasteiger partial charge in [-0.1, -0.05) is 6.07 Å². The van der Waals surface area contributed by atoms with Gasteiger partial charge >= 0.3 is 6.03 Å². The fraction of sp³-hybridized carbons (Fsp3) is 0.188. The number of pyridine rings is 2. The van der Waals surface area contributed by atoms with Gasteiger partial charge in [0.05, 0.1) is 6.20 Å². The third-order valence-electron chi connectivity index (χ3n) is 3.28. The van der Waals surface area contributed by atoms with Crippen LogP contribution in [-0.2, 0) is 0 Å². The number of amides is 2. The van der Waals surface area contributed by atoms with Crippen LogP contribution in [-0.4, -0.2) is 26.9 Å². The predicted octanol–water partition coefficient (Wildman–Crippen LogP) is 2.85. The Morgan fingerprint density at radius 1 is 1.27 bits per heavy atom. The number of hydrogen-bond acceptors (Lipinski definition) is 3. The van der Waals surface area contributed by atoms with Crippen LogP contribution in [0.25, 0.3) is 16.8 Å². The van der Waals surface area contributed by atoms with Crippen LogP contribution in [0.2, 0.25) is 0 Å². The summed E-state index contributed by atoms with van der Waals surface area (Å²) in [6.45, 7) is 4.40. The zero-order chi connectivity index (χ0) is 15.5. The Kier molecular flexibility index (Phi) is 3.74. The molecule has 6 heteroatoms. The number of aromatic nitrogens is 3. The van der Waals surface area contributed by atoms with Gasteiger partial charge < -0.3 is 9.72 Å². The summed E-state index contributed by atoms with van der Waals surface area (Å²) >= 11 is 0. The summed E-state index contributed by atoms with van der Waals surface area (Å²) in [6.07, 6.45) is 5.54. The summed E-state index contributed by atoms with van der Waals surface area (Å²) in [5.74, 6) is 0.519. The van der Waals surface area contributed by atoms with E-state index >= 15 is 0 Å². The summed E-state index contributed by atoms with van der Waals surface area (Å²) in [4.78, 5) is 20.2. The molecule has 2 N–H and O–H groups in total. The zero-order valence-electron chi connectivity index (χ0n) is 12.5. The van der Waals surface area contributed by atoms with Crippen LogP contribution in [0.15, 0.2) is 42.9 Å². The van der Waals surface area contributed by atoms with Crippen molar-refractivity contribution >= 4 is 17.5 Å². The summed E-state index contributed by atoms with van der Waals surface area (Å²) in [6, 6.07) is 7.72. The van der Waals surface area contributed by atoms with Crippen molar-refractivity contribution in [2.45, 2.75) is 13.8 Å². The Hall–Kier alpha value is -2.89. The minimum Gasteiger partial charge on any atom is -0.338 e. The van der Waals surface area contributed by atoms with Gasteiger partial charge in [-0.15, -0.1) is 0 Å². The number of aryl methyl sites for hydroxylation is 1. The second-order valence-corrected chi connectivity index (χ2v) is 4.98. The number of rotatable bonds is 3. The van der Waals surface area contributed by atoms with Gasteiger partial charge in [0, 0.05) is 30.2 Å². The molecule has 3 rings (SSSR count). The van der Waals surface area contributed by atoms with Gasteiger partial charge in [0.25, 0.3) is 0 Å². The van der Waals surface area contributed by atoms with Gasteiger partial charge in [-0.3, -0.25) is 10.3 Å². The second-order valence-electron chi connectivity index (χ2n) is 4.98. The summed E-state index contributed by atoms with van der Waals surface area (Å²) in [5.41, 5.74) is 3.83.